The molecule has 0 saturated carbocycles. The molecule has 0 unspecified atom stereocenters. The first kappa shape index (κ1) is 13.5. The molecule has 0 atom stereocenters. The predicted octanol–water partition coefficient (Wildman–Crippen LogP) is 1.80. The number of hydrazine groups is 1. The Morgan fingerprint density at radius 1 is 1.35 bits per heavy atom. The number of amides is 1. The third kappa shape index (κ3) is 2.74. The van der Waals surface area contributed by atoms with Crippen molar-refractivity contribution >= 4 is 17.3 Å². The highest BCUT2D eigenvalue weighted by Gasteiger charge is 2.12. The number of hydrogen-bond acceptors (Lipinski definition) is 5. The van der Waals surface area contributed by atoms with Gasteiger partial charge in [-0.25, -0.2) is 0 Å². The van der Waals surface area contributed by atoms with Gasteiger partial charge < -0.3 is 10.7 Å². The molecule has 2 aromatic rings. The average molecular weight is 267 g/mol. The summed E-state index contributed by atoms with van der Waals surface area (Å²) in [7, 11) is 0. The number of aryl methyl sites for hydroxylation is 1. The number of anilines is 2. The minimum absolute atomic E-state index is 0.321. The summed E-state index contributed by atoms with van der Waals surface area (Å²) >= 11 is 0. The van der Waals surface area contributed by atoms with E-state index >= 15 is 0 Å². The van der Waals surface area contributed by atoms with Gasteiger partial charge in [0, 0.05) is 11.9 Å². The van der Waals surface area contributed by atoms with Crippen LogP contribution in [0.1, 0.15) is 21.5 Å². The van der Waals surface area contributed by atoms with Crippen molar-refractivity contribution in [3.63, 3.8) is 0 Å². The largest absolute Gasteiger partial charge is 0.322 e. The van der Waals surface area contributed by atoms with Crippen molar-refractivity contribution in [3.05, 3.63) is 53.3 Å². The molecule has 0 aliphatic heterocycles. The third-order valence-electron chi connectivity index (χ3n) is 2.84. The number of carbonyl (C=O) groups excluding carboxylic acids is 1. The van der Waals surface area contributed by atoms with E-state index in [0.717, 1.165) is 5.56 Å². The number of nitriles is 1. The lowest BCUT2D eigenvalue weighted by Crippen LogP contribution is -2.18. The van der Waals surface area contributed by atoms with Crippen LogP contribution >= 0.6 is 0 Å². The van der Waals surface area contributed by atoms with Crippen LogP contribution in [0.2, 0.25) is 0 Å². The molecule has 0 fully saturated rings. The van der Waals surface area contributed by atoms with E-state index in [1.54, 1.807) is 24.3 Å². The number of nitrogen functional groups attached to an aromatic ring is 1. The fourth-order valence-electron chi connectivity index (χ4n) is 1.72. The van der Waals surface area contributed by atoms with E-state index < -0.39 is 0 Å². The number of nitrogens with zero attached hydrogens (tertiary/aromatic N) is 2. The van der Waals surface area contributed by atoms with Crippen molar-refractivity contribution in [1.29, 1.82) is 5.26 Å². The Hall–Kier alpha value is -2.91. The van der Waals surface area contributed by atoms with E-state index in [-0.39, 0.29) is 5.91 Å². The number of pyridine rings is 1. The molecule has 0 saturated heterocycles. The molecular weight excluding hydrogens is 254 g/mol. The number of carbonyl (C=O) groups is 1. The Balaban J connectivity index is 2.30. The van der Waals surface area contributed by atoms with Crippen molar-refractivity contribution in [2.24, 2.45) is 5.84 Å². The van der Waals surface area contributed by atoms with Gasteiger partial charge in [0.05, 0.1) is 29.1 Å². The fraction of sp³-hybridized carbons (Fsp3) is 0.0714. The first-order chi connectivity index (χ1) is 9.65. The van der Waals surface area contributed by atoms with Gasteiger partial charge in [0.1, 0.15) is 0 Å². The van der Waals surface area contributed by atoms with Gasteiger partial charge in [0.2, 0.25) is 0 Å². The molecule has 0 radical (unpaired) electrons. The molecule has 0 aliphatic carbocycles. The molecule has 1 aromatic carbocycles. The van der Waals surface area contributed by atoms with Crippen molar-refractivity contribution in [2.75, 3.05) is 10.7 Å². The van der Waals surface area contributed by atoms with Crippen LogP contribution in [0.3, 0.4) is 0 Å². The van der Waals surface area contributed by atoms with Crippen LogP contribution in [0.15, 0.2) is 36.7 Å². The Labute approximate surface area is 116 Å². The Kier molecular flexibility index (Phi) is 3.93. The summed E-state index contributed by atoms with van der Waals surface area (Å²) in [5, 5.41) is 11.7. The van der Waals surface area contributed by atoms with Gasteiger partial charge in [-0.1, -0.05) is 6.07 Å². The standard InChI is InChI=1S/C14H13N5O/c1-9-2-3-10(7-15)6-12(9)18-14(20)11-4-5-17-8-13(11)19-16/h2-6,8,19H,16H2,1H3,(H,18,20). The molecule has 6 nitrogen and oxygen atoms in total. The maximum atomic E-state index is 12.2. The van der Waals surface area contributed by atoms with Gasteiger partial charge in [0.15, 0.2) is 0 Å². The molecule has 100 valence electrons. The average Bonchev–Trinajstić information content (AvgIpc) is 2.49. The van der Waals surface area contributed by atoms with E-state index in [1.807, 2.05) is 13.0 Å². The van der Waals surface area contributed by atoms with Gasteiger partial charge in [-0.15, -0.1) is 0 Å². The van der Waals surface area contributed by atoms with Crippen LogP contribution in [-0.4, -0.2) is 10.9 Å². The summed E-state index contributed by atoms with van der Waals surface area (Å²) < 4.78 is 0. The van der Waals surface area contributed by atoms with Crippen molar-refractivity contribution in [3.8, 4) is 6.07 Å². The fourth-order valence-corrected chi connectivity index (χ4v) is 1.72. The molecule has 0 bridgehead atoms. The molecule has 1 aromatic heterocycles. The monoisotopic (exact) mass is 267 g/mol. The minimum Gasteiger partial charge on any atom is -0.322 e. The van der Waals surface area contributed by atoms with Gasteiger partial charge in [-0.05, 0) is 30.7 Å². The molecular formula is C14H13N5O. The van der Waals surface area contributed by atoms with E-state index in [9.17, 15) is 4.79 Å². The van der Waals surface area contributed by atoms with Gasteiger partial charge >= 0.3 is 0 Å². The molecule has 6 heteroatoms. The lowest BCUT2D eigenvalue weighted by molar-refractivity contribution is 0.102. The molecule has 1 amide bonds. The van der Waals surface area contributed by atoms with Crippen molar-refractivity contribution < 1.29 is 4.79 Å². The van der Waals surface area contributed by atoms with Crippen LogP contribution in [0, 0.1) is 18.3 Å². The maximum absolute atomic E-state index is 12.2. The molecule has 0 spiro atoms. The summed E-state index contributed by atoms with van der Waals surface area (Å²) in [6.45, 7) is 1.85. The van der Waals surface area contributed by atoms with Crippen molar-refractivity contribution in [1.82, 2.24) is 4.98 Å². The summed E-state index contributed by atoms with van der Waals surface area (Å²) in [6, 6.07) is 8.71. The second-order valence-corrected chi connectivity index (χ2v) is 4.16. The van der Waals surface area contributed by atoms with Crippen LogP contribution < -0.4 is 16.6 Å². The predicted molar refractivity (Wildman–Crippen MR) is 75.9 cm³/mol. The third-order valence-corrected chi connectivity index (χ3v) is 2.84. The molecule has 20 heavy (non-hydrogen) atoms. The number of nitrogens with one attached hydrogen (secondary N) is 2. The number of rotatable bonds is 3. The van der Waals surface area contributed by atoms with Gasteiger partial charge in [0.25, 0.3) is 5.91 Å². The van der Waals surface area contributed by atoms with Crippen LogP contribution in [0.4, 0.5) is 11.4 Å². The lowest BCUT2D eigenvalue weighted by Gasteiger charge is -2.11. The summed E-state index contributed by atoms with van der Waals surface area (Å²) in [5.74, 6) is 5.02. The van der Waals surface area contributed by atoms with E-state index in [2.05, 4.69) is 15.7 Å². The van der Waals surface area contributed by atoms with Crippen LogP contribution in [0.25, 0.3) is 0 Å². The van der Waals surface area contributed by atoms with Crippen LogP contribution in [0.5, 0.6) is 0 Å². The molecule has 0 aliphatic rings. The highest BCUT2D eigenvalue weighted by atomic mass is 16.1. The quantitative estimate of drug-likeness (QED) is 0.581. The van der Waals surface area contributed by atoms with Gasteiger partial charge in [-0.2, -0.15) is 5.26 Å². The number of benzene rings is 1. The highest BCUT2D eigenvalue weighted by molar-refractivity contribution is 6.08. The molecule has 4 N–H and O–H groups in total. The SMILES string of the molecule is Cc1ccc(C#N)cc1NC(=O)c1ccncc1NN. The summed E-state index contributed by atoms with van der Waals surface area (Å²) in [5.41, 5.74) is 5.18. The number of hydrogen-bond donors (Lipinski definition) is 3. The lowest BCUT2D eigenvalue weighted by atomic mass is 10.1. The zero-order chi connectivity index (χ0) is 14.5. The normalized spacial score (nSPS) is 9.65. The smallest absolute Gasteiger partial charge is 0.257 e. The first-order valence-corrected chi connectivity index (χ1v) is 5.88. The molecule has 2 rings (SSSR count). The highest BCUT2D eigenvalue weighted by Crippen LogP contribution is 2.19. The van der Waals surface area contributed by atoms with E-state index in [1.165, 1.54) is 12.4 Å². The minimum atomic E-state index is -0.321. The zero-order valence-electron chi connectivity index (χ0n) is 10.8. The number of nitrogens with two attached hydrogens (primary N) is 1. The second kappa shape index (κ2) is 5.82. The van der Waals surface area contributed by atoms with Crippen molar-refractivity contribution in [2.45, 2.75) is 6.92 Å². The maximum Gasteiger partial charge on any atom is 0.257 e. The molecule has 1 heterocycles. The van der Waals surface area contributed by atoms with Gasteiger partial charge in [-0.3, -0.25) is 15.6 Å². The summed E-state index contributed by atoms with van der Waals surface area (Å²) in [4.78, 5) is 16.1. The Bertz CT molecular complexity index is 690. The first-order valence-electron chi connectivity index (χ1n) is 5.88. The van der Waals surface area contributed by atoms with Crippen LogP contribution in [-0.2, 0) is 0 Å². The Morgan fingerprint density at radius 3 is 2.85 bits per heavy atom. The Morgan fingerprint density at radius 2 is 2.15 bits per heavy atom. The number of aromatic nitrogens is 1. The van der Waals surface area contributed by atoms with E-state index in [4.69, 9.17) is 11.1 Å². The topological polar surface area (TPSA) is 104 Å². The zero-order valence-corrected chi connectivity index (χ0v) is 10.8. The second-order valence-electron chi connectivity index (χ2n) is 4.16. The van der Waals surface area contributed by atoms with E-state index in [0.29, 0.717) is 22.5 Å². The summed E-state index contributed by atoms with van der Waals surface area (Å²) in [6.07, 6.45) is 2.97.